The number of amidine groups is 2. The summed E-state index contributed by atoms with van der Waals surface area (Å²) in [5, 5.41) is 9.78. The Kier molecular flexibility index (Phi) is 3.86. The van der Waals surface area contributed by atoms with Crippen LogP contribution in [0.15, 0.2) is 58.6 Å². The van der Waals surface area contributed by atoms with Crippen LogP contribution in [0.4, 0.5) is 10.5 Å². The van der Waals surface area contributed by atoms with Crippen molar-refractivity contribution >= 4 is 46.6 Å². The summed E-state index contributed by atoms with van der Waals surface area (Å²) >= 11 is 12.3. The van der Waals surface area contributed by atoms with Gasteiger partial charge >= 0.3 is 6.03 Å². The van der Waals surface area contributed by atoms with Crippen molar-refractivity contribution in [1.82, 2.24) is 5.32 Å². The fourth-order valence-corrected chi connectivity index (χ4v) is 3.58. The van der Waals surface area contributed by atoms with Gasteiger partial charge in [-0.05, 0) is 29.8 Å². The molecule has 0 saturated heterocycles. The third-order valence-corrected chi connectivity index (χ3v) is 4.72. The summed E-state index contributed by atoms with van der Waals surface area (Å²) < 4.78 is 0. The maximum absolute atomic E-state index is 12.2. The van der Waals surface area contributed by atoms with E-state index < -0.39 is 18.0 Å². The summed E-state index contributed by atoms with van der Waals surface area (Å²) in [6.45, 7) is 0. The van der Waals surface area contributed by atoms with E-state index in [1.165, 1.54) is 0 Å². The van der Waals surface area contributed by atoms with Crippen LogP contribution in [0.1, 0.15) is 11.6 Å². The summed E-state index contributed by atoms with van der Waals surface area (Å²) in [5.41, 5.74) is 7.67. The number of fused-ring (bicyclic) bond motifs is 1. The predicted octanol–water partition coefficient (Wildman–Crippen LogP) is 3.56. The first kappa shape index (κ1) is 15.9. The number of nitrogens with one attached hydrogen (secondary N) is 1. The van der Waals surface area contributed by atoms with Crippen molar-refractivity contribution in [3.05, 3.63) is 64.1 Å². The molecule has 4 rings (SSSR count). The number of benzene rings is 2. The van der Waals surface area contributed by atoms with Gasteiger partial charge in [-0.3, -0.25) is 0 Å². The maximum atomic E-state index is 12.2. The predicted molar refractivity (Wildman–Crippen MR) is 99.2 cm³/mol. The average molecular weight is 374 g/mol. The molecule has 0 radical (unpaired) electrons. The van der Waals surface area contributed by atoms with Gasteiger partial charge in [0.2, 0.25) is 0 Å². The summed E-state index contributed by atoms with van der Waals surface area (Å²) in [4.78, 5) is 16.3. The maximum Gasteiger partial charge on any atom is 0.343 e. The first-order valence-electron chi connectivity index (χ1n) is 7.58. The second-order valence-electron chi connectivity index (χ2n) is 5.71. The van der Waals surface area contributed by atoms with Crippen LogP contribution in [0.25, 0.3) is 0 Å². The van der Waals surface area contributed by atoms with Crippen molar-refractivity contribution in [1.29, 1.82) is 0 Å². The molecule has 6 nitrogen and oxygen atoms in total. The molecule has 2 unspecified atom stereocenters. The molecule has 0 spiro atoms. The van der Waals surface area contributed by atoms with Gasteiger partial charge in [0.25, 0.3) is 0 Å². The molecule has 0 aliphatic carbocycles. The molecular formula is C17H13Cl2N5O. The third kappa shape index (κ3) is 2.73. The van der Waals surface area contributed by atoms with Gasteiger partial charge in [0.15, 0.2) is 0 Å². The van der Waals surface area contributed by atoms with Gasteiger partial charge in [-0.25, -0.2) is 9.80 Å². The van der Waals surface area contributed by atoms with E-state index in [0.717, 1.165) is 5.69 Å². The number of hydrazone groups is 1. The Bertz CT molecular complexity index is 913. The van der Waals surface area contributed by atoms with Gasteiger partial charge in [0.05, 0.1) is 11.7 Å². The zero-order valence-electron chi connectivity index (χ0n) is 12.9. The number of hydrogen-bond donors (Lipinski definition) is 2. The molecule has 0 fully saturated rings. The Morgan fingerprint density at radius 2 is 1.88 bits per heavy atom. The second-order valence-corrected chi connectivity index (χ2v) is 6.56. The molecule has 2 heterocycles. The van der Waals surface area contributed by atoms with Crippen LogP contribution in [0.5, 0.6) is 0 Å². The van der Waals surface area contributed by atoms with Crippen molar-refractivity contribution in [3.63, 3.8) is 0 Å². The molecule has 2 atom stereocenters. The number of aliphatic imine (C=N–C) groups is 1. The Hall–Kier alpha value is -2.57. The van der Waals surface area contributed by atoms with Gasteiger partial charge in [-0.1, -0.05) is 47.5 Å². The van der Waals surface area contributed by atoms with Crippen LogP contribution >= 0.6 is 23.2 Å². The standard InChI is InChI=1S/C17H13Cl2N5O/c18-9-6-7-11(12(19)8-9)14-13-15(20)23-24(10-4-2-1-3-5-10)16(13)22-17(25)21-14/h1-8,13-14H,(H2,20,23)(H,21,25). The number of halogens is 2. The number of urea groups is 1. The Morgan fingerprint density at radius 1 is 1.12 bits per heavy atom. The third-order valence-electron chi connectivity index (χ3n) is 4.16. The highest BCUT2D eigenvalue weighted by Crippen LogP contribution is 2.37. The monoisotopic (exact) mass is 373 g/mol. The molecule has 2 amide bonds. The molecule has 126 valence electrons. The molecule has 2 aliphatic heterocycles. The number of nitrogens with zero attached hydrogens (tertiary/aromatic N) is 3. The number of anilines is 1. The molecule has 2 aromatic carbocycles. The molecule has 0 aromatic heterocycles. The van der Waals surface area contributed by atoms with Crippen LogP contribution in [-0.2, 0) is 0 Å². The van der Waals surface area contributed by atoms with Gasteiger partial charge in [-0.2, -0.15) is 10.1 Å². The number of carbonyl (C=O) groups is 1. The van der Waals surface area contributed by atoms with Crippen molar-refractivity contribution in [3.8, 4) is 0 Å². The SMILES string of the molecule is NC1=NN(c2ccccc2)C2=NC(=O)NC(c3ccc(Cl)cc3Cl)C12. The van der Waals surface area contributed by atoms with Crippen LogP contribution < -0.4 is 16.1 Å². The van der Waals surface area contributed by atoms with Gasteiger partial charge in [-0.15, -0.1) is 0 Å². The summed E-state index contributed by atoms with van der Waals surface area (Å²) in [6.07, 6.45) is 0. The average Bonchev–Trinajstić information content (AvgIpc) is 2.92. The van der Waals surface area contributed by atoms with Crippen molar-refractivity contribution in [2.24, 2.45) is 21.7 Å². The minimum atomic E-state index is -0.470. The van der Waals surface area contributed by atoms with Gasteiger partial charge in [0.1, 0.15) is 17.6 Å². The van der Waals surface area contributed by atoms with E-state index in [-0.39, 0.29) is 0 Å². The molecule has 3 N–H and O–H groups in total. The van der Waals surface area contributed by atoms with E-state index in [1.807, 2.05) is 30.3 Å². The minimum absolute atomic E-state index is 0.360. The van der Waals surface area contributed by atoms with E-state index in [2.05, 4.69) is 15.4 Å². The first-order valence-corrected chi connectivity index (χ1v) is 8.33. The van der Waals surface area contributed by atoms with E-state index in [0.29, 0.717) is 27.3 Å². The lowest BCUT2D eigenvalue weighted by molar-refractivity contribution is 0.242. The van der Waals surface area contributed by atoms with Gasteiger partial charge in [0, 0.05) is 10.0 Å². The number of hydrogen-bond acceptors (Lipinski definition) is 4. The first-order chi connectivity index (χ1) is 12.0. The molecular weight excluding hydrogens is 361 g/mol. The zero-order chi connectivity index (χ0) is 17.6. The van der Waals surface area contributed by atoms with Crippen molar-refractivity contribution < 1.29 is 4.79 Å². The Balaban J connectivity index is 1.78. The van der Waals surface area contributed by atoms with E-state index >= 15 is 0 Å². The highest BCUT2D eigenvalue weighted by Gasteiger charge is 2.44. The lowest BCUT2D eigenvalue weighted by atomic mass is 9.90. The number of rotatable bonds is 2. The fourth-order valence-electron chi connectivity index (χ4n) is 3.05. The van der Waals surface area contributed by atoms with E-state index in [4.69, 9.17) is 28.9 Å². The molecule has 0 bridgehead atoms. The van der Waals surface area contributed by atoms with Crippen molar-refractivity contribution in [2.75, 3.05) is 5.01 Å². The molecule has 8 heteroatoms. The molecule has 2 aromatic rings. The van der Waals surface area contributed by atoms with Crippen LogP contribution in [-0.4, -0.2) is 17.7 Å². The highest BCUT2D eigenvalue weighted by atomic mass is 35.5. The number of para-hydroxylation sites is 1. The number of nitrogens with two attached hydrogens (primary N) is 1. The number of carbonyl (C=O) groups excluding carboxylic acids is 1. The topological polar surface area (TPSA) is 83.1 Å². The van der Waals surface area contributed by atoms with Crippen LogP contribution in [0.3, 0.4) is 0 Å². The summed E-state index contributed by atoms with van der Waals surface area (Å²) in [5.74, 6) is 0.429. The number of amides is 2. The fraction of sp³-hybridized carbons (Fsp3) is 0.118. The van der Waals surface area contributed by atoms with Crippen LogP contribution in [0, 0.1) is 5.92 Å². The molecule has 0 saturated carbocycles. The smallest absolute Gasteiger partial charge is 0.343 e. The van der Waals surface area contributed by atoms with E-state index in [9.17, 15) is 4.79 Å². The molecule has 2 aliphatic rings. The van der Waals surface area contributed by atoms with Crippen LogP contribution in [0.2, 0.25) is 10.0 Å². The Labute approximate surface area is 153 Å². The highest BCUT2D eigenvalue weighted by molar-refractivity contribution is 6.35. The zero-order valence-corrected chi connectivity index (χ0v) is 14.4. The van der Waals surface area contributed by atoms with Crippen molar-refractivity contribution in [2.45, 2.75) is 6.04 Å². The van der Waals surface area contributed by atoms with E-state index in [1.54, 1.807) is 23.2 Å². The Morgan fingerprint density at radius 3 is 2.60 bits per heavy atom. The largest absolute Gasteiger partial charge is 0.385 e. The quantitative estimate of drug-likeness (QED) is 0.843. The lowest BCUT2D eigenvalue weighted by Gasteiger charge is -2.30. The lowest BCUT2D eigenvalue weighted by Crippen LogP contribution is -2.46. The molecule has 25 heavy (non-hydrogen) atoms. The summed E-state index contributed by atoms with van der Waals surface area (Å²) in [7, 11) is 0. The normalized spacial score (nSPS) is 22.2. The second kappa shape index (κ2) is 6.06. The summed E-state index contributed by atoms with van der Waals surface area (Å²) in [6, 6.07) is 13.6. The van der Waals surface area contributed by atoms with Gasteiger partial charge < -0.3 is 11.1 Å². The minimum Gasteiger partial charge on any atom is -0.385 e.